The van der Waals surface area contributed by atoms with E-state index in [1.54, 1.807) is 0 Å². The number of alkyl halides is 1. The Morgan fingerprint density at radius 3 is 2.59 bits per heavy atom. The Morgan fingerprint density at radius 1 is 1.18 bits per heavy atom. The summed E-state index contributed by atoms with van der Waals surface area (Å²) in [6, 6.07) is 16.2. The molecular weight excluding hydrogens is 294 g/mol. The van der Waals surface area contributed by atoms with Crippen molar-refractivity contribution < 1.29 is 0 Å². The van der Waals surface area contributed by atoms with Crippen molar-refractivity contribution in [1.29, 1.82) is 5.26 Å². The molecule has 110 valence electrons. The van der Waals surface area contributed by atoms with Crippen molar-refractivity contribution in [2.24, 2.45) is 0 Å². The average Bonchev–Trinajstić information content (AvgIpc) is 2.93. The molecule has 0 aliphatic rings. The first-order valence-corrected chi connectivity index (χ1v) is 7.87. The monoisotopic (exact) mass is 309 g/mol. The lowest BCUT2D eigenvalue weighted by Gasteiger charge is -2.09. The highest BCUT2D eigenvalue weighted by Crippen LogP contribution is 2.23. The van der Waals surface area contributed by atoms with Crippen LogP contribution >= 0.6 is 11.6 Å². The van der Waals surface area contributed by atoms with E-state index in [9.17, 15) is 0 Å². The molecule has 0 fully saturated rings. The smallest absolute Gasteiger partial charge is 0.114 e. The maximum atomic E-state index is 9.03. The number of hydrogen-bond acceptors (Lipinski definition) is 2. The number of benzene rings is 2. The van der Waals surface area contributed by atoms with Crippen LogP contribution in [0.3, 0.4) is 0 Å². The van der Waals surface area contributed by atoms with Crippen molar-refractivity contribution >= 4 is 22.6 Å². The number of aryl methyl sites for hydroxylation is 2. The molecule has 0 atom stereocenters. The van der Waals surface area contributed by atoms with Gasteiger partial charge in [-0.1, -0.05) is 19.1 Å². The van der Waals surface area contributed by atoms with Gasteiger partial charge in [0, 0.05) is 18.0 Å². The van der Waals surface area contributed by atoms with Gasteiger partial charge in [-0.3, -0.25) is 4.57 Å². The van der Waals surface area contributed by atoms with Gasteiger partial charge in [0.2, 0.25) is 0 Å². The van der Waals surface area contributed by atoms with Gasteiger partial charge in [-0.25, -0.2) is 4.98 Å². The van der Waals surface area contributed by atoms with Crippen LogP contribution in [0.5, 0.6) is 0 Å². The van der Waals surface area contributed by atoms with Crippen LogP contribution in [0.2, 0.25) is 0 Å². The predicted octanol–water partition coefficient (Wildman–Crippen LogP) is 4.24. The van der Waals surface area contributed by atoms with Crippen molar-refractivity contribution in [3.05, 3.63) is 59.4 Å². The summed E-state index contributed by atoms with van der Waals surface area (Å²) in [4.78, 5) is 4.67. The fraction of sp³-hybridized carbons (Fsp3) is 0.222. The molecule has 4 heteroatoms. The standard InChI is InChI=1S/C18H16ClN3/c1-2-18-21-16-11-14(12-20)5-8-17(16)22(18)15-6-3-13(4-7-15)9-10-19/h3-8,11H,2,9-10H2,1H3. The number of aromatic nitrogens is 2. The van der Waals surface area contributed by atoms with Crippen molar-refractivity contribution in [3.63, 3.8) is 0 Å². The molecule has 0 saturated carbocycles. The number of nitrogens with zero attached hydrogens (tertiary/aromatic N) is 3. The molecule has 0 radical (unpaired) electrons. The fourth-order valence-corrected chi connectivity index (χ4v) is 2.86. The molecule has 2 aromatic carbocycles. The minimum Gasteiger partial charge on any atom is -0.296 e. The van der Waals surface area contributed by atoms with Crippen LogP contribution < -0.4 is 0 Å². The zero-order valence-electron chi connectivity index (χ0n) is 12.4. The Balaban J connectivity index is 2.14. The molecule has 0 saturated heterocycles. The maximum Gasteiger partial charge on any atom is 0.114 e. The molecule has 3 rings (SSSR count). The van der Waals surface area contributed by atoms with E-state index >= 15 is 0 Å². The molecule has 0 bridgehead atoms. The molecule has 3 aromatic rings. The lowest BCUT2D eigenvalue weighted by atomic mass is 10.1. The first-order chi connectivity index (χ1) is 10.8. The van der Waals surface area contributed by atoms with Gasteiger partial charge in [-0.15, -0.1) is 11.6 Å². The third kappa shape index (κ3) is 2.58. The molecule has 0 N–H and O–H groups in total. The van der Waals surface area contributed by atoms with E-state index in [0.717, 1.165) is 35.4 Å². The van der Waals surface area contributed by atoms with E-state index in [1.165, 1.54) is 5.56 Å². The van der Waals surface area contributed by atoms with Crippen LogP contribution in [-0.2, 0) is 12.8 Å². The Labute approximate surface area is 134 Å². The van der Waals surface area contributed by atoms with Crippen molar-refractivity contribution in [2.75, 3.05) is 5.88 Å². The second-order valence-electron chi connectivity index (χ2n) is 5.14. The number of rotatable bonds is 4. The average molecular weight is 310 g/mol. The van der Waals surface area contributed by atoms with Crippen LogP contribution in [-0.4, -0.2) is 15.4 Å². The number of hydrogen-bond donors (Lipinski definition) is 0. The van der Waals surface area contributed by atoms with Crippen LogP contribution in [0.15, 0.2) is 42.5 Å². The summed E-state index contributed by atoms with van der Waals surface area (Å²) in [6.07, 6.45) is 1.71. The first kappa shape index (κ1) is 14.6. The Hall–Kier alpha value is -2.31. The molecule has 0 aliphatic carbocycles. The minimum atomic E-state index is 0.629. The molecule has 0 aliphatic heterocycles. The van der Waals surface area contributed by atoms with Gasteiger partial charge in [0.25, 0.3) is 0 Å². The number of nitriles is 1. The Kier molecular flexibility index (Phi) is 4.13. The summed E-state index contributed by atoms with van der Waals surface area (Å²) in [6.45, 7) is 2.09. The molecule has 1 heterocycles. The van der Waals surface area contributed by atoms with Crippen molar-refractivity contribution in [2.45, 2.75) is 19.8 Å². The Bertz CT molecular complexity index is 841. The third-order valence-electron chi connectivity index (χ3n) is 3.75. The van der Waals surface area contributed by atoms with Crippen LogP contribution in [0, 0.1) is 11.3 Å². The molecule has 0 spiro atoms. The number of fused-ring (bicyclic) bond motifs is 1. The molecule has 3 nitrogen and oxygen atoms in total. The van der Waals surface area contributed by atoms with Gasteiger partial charge in [-0.2, -0.15) is 5.26 Å². The van der Waals surface area contributed by atoms with E-state index < -0.39 is 0 Å². The summed E-state index contributed by atoms with van der Waals surface area (Å²) in [5, 5.41) is 9.03. The lowest BCUT2D eigenvalue weighted by Crippen LogP contribution is -2.00. The molecular formula is C18H16ClN3. The second kappa shape index (κ2) is 6.21. The zero-order valence-corrected chi connectivity index (χ0v) is 13.1. The number of imidazole rings is 1. The van der Waals surface area contributed by atoms with E-state index in [1.807, 2.05) is 18.2 Å². The lowest BCUT2D eigenvalue weighted by molar-refractivity contribution is 0.907. The second-order valence-corrected chi connectivity index (χ2v) is 5.52. The topological polar surface area (TPSA) is 41.6 Å². The van der Waals surface area contributed by atoms with Crippen molar-refractivity contribution in [1.82, 2.24) is 9.55 Å². The van der Waals surface area contributed by atoms with Gasteiger partial charge < -0.3 is 0 Å². The first-order valence-electron chi connectivity index (χ1n) is 7.33. The summed E-state index contributed by atoms with van der Waals surface area (Å²) in [7, 11) is 0. The van der Waals surface area contributed by atoms with Crippen LogP contribution in [0.25, 0.3) is 16.7 Å². The minimum absolute atomic E-state index is 0.629. The molecule has 22 heavy (non-hydrogen) atoms. The predicted molar refractivity (Wildman–Crippen MR) is 89.6 cm³/mol. The van der Waals surface area contributed by atoms with E-state index in [-0.39, 0.29) is 0 Å². The highest BCUT2D eigenvalue weighted by atomic mass is 35.5. The molecule has 1 aromatic heterocycles. The molecule has 0 amide bonds. The normalized spacial score (nSPS) is 10.8. The Morgan fingerprint density at radius 2 is 1.95 bits per heavy atom. The SMILES string of the molecule is CCc1nc2cc(C#N)ccc2n1-c1ccc(CCCl)cc1. The van der Waals surface area contributed by atoms with Gasteiger partial charge in [0.15, 0.2) is 0 Å². The summed E-state index contributed by atoms with van der Waals surface area (Å²) in [5.74, 6) is 1.63. The van der Waals surface area contributed by atoms with Crippen LogP contribution in [0.4, 0.5) is 0 Å². The van der Waals surface area contributed by atoms with E-state index in [0.29, 0.717) is 11.4 Å². The maximum absolute atomic E-state index is 9.03. The quantitative estimate of drug-likeness (QED) is 0.676. The van der Waals surface area contributed by atoms with Crippen LogP contribution in [0.1, 0.15) is 23.9 Å². The largest absolute Gasteiger partial charge is 0.296 e. The summed E-state index contributed by atoms with van der Waals surface area (Å²) < 4.78 is 2.15. The number of halogens is 1. The highest BCUT2D eigenvalue weighted by Gasteiger charge is 2.11. The van der Waals surface area contributed by atoms with Gasteiger partial charge >= 0.3 is 0 Å². The summed E-state index contributed by atoms with van der Waals surface area (Å²) >= 11 is 5.79. The van der Waals surface area contributed by atoms with Gasteiger partial charge in [-0.05, 0) is 42.3 Å². The zero-order chi connectivity index (χ0) is 15.5. The van der Waals surface area contributed by atoms with E-state index in [4.69, 9.17) is 16.9 Å². The molecule has 0 unspecified atom stereocenters. The van der Waals surface area contributed by atoms with E-state index in [2.05, 4.69) is 46.8 Å². The van der Waals surface area contributed by atoms with Gasteiger partial charge in [0.1, 0.15) is 5.82 Å². The highest BCUT2D eigenvalue weighted by molar-refractivity contribution is 6.17. The summed E-state index contributed by atoms with van der Waals surface area (Å²) in [5.41, 5.74) is 4.84. The van der Waals surface area contributed by atoms with Gasteiger partial charge in [0.05, 0.1) is 22.7 Å². The van der Waals surface area contributed by atoms with Crippen molar-refractivity contribution in [3.8, 4) is 11.8 Å². The third-order valence-corrected chi connectivity index (χ3v) is 3.94. The fourth-order valence-electron chi connectivity index (χ4n) is 2.65.